The van der Waals surface area contributed by atoms with Crippen LogP contribution in [0.15, 0.2) is 41.3 Å². The first-order valence-corrected chi connectivity index (χ1v) is 9.12. The van der Waals surface area contributed by atoms with E-state index in [-0.39, 0.29) is 4.90 Å². The normalized spacial score (nSPS) is 11.8. The van der Waals surface area contributed by atoms with Crippen molar-refractivity contribution in [1.82, 2.24) is 4.98 Å². The van der Waals surface area contributed by atoms with Crippen molar-refractivity contribution in [2.45, 2.75) is 25.7 Å². The molecule has 0 aliphatic rings. The Morgan fingerprint density at radius 2 is 1.68 bits per heavy atom. The van der Waals surface area contributed by atoms with E-state index in [4.69, 9.17) is 0 Å². The third-order valence-electron chi connectivity index (χ3n) is 3.37. The second-order valence-corrected chi connectivity index (χ2v) is 8.05. The summed E-state index contributed by atoms with van der Waals surface area (Å²) in [5, 5.41) is 0.393. The van der Waals surface area contributed by atoms with E-state index in [0.29, 0.717) is 5.13 Å². The molecule has 0 aliphatic carbocycles. The van der Waals surface area contributed by atoms with Gasteiger partial charge in [-0.2, -0.15) is 0 Å². The Morgan fingerprint density at radius 1 is 1.00 bits per heavy atom. The maximum atomic E-state index is 12.4. The lowest BCUT2D eigenvalue weighted by molar-refractivity contribution is 0.601. The number of hydrogen-bond acceptors (Lipinski definition) is 4. The number of hydrogen-bond donors (Lipinski definition) is 1. The molecular weight excluding hydrogens is 316 g/mol. The summed E-state index contributed by atoms with van der Waals surface area (Å²) < 4.78 is 28.4. The van der Waals surface area contributed by atoms with Crippen LogP contribution in [-0.2, 0) is 10.0 Å². The third-order valence-corrected chi connectivity index (χ3v) is 5.98. The molecule has 0 amide bonds. The highest BCUT2D eigenvalue weighted by molar-refractivity contribution is 7.93. The maximum Gasteiger partial charge on any atom is 0.263 e. The molecule has 4 nitrogen and oxygen atoms in total. The van der Waals surface area contributed by atoms with Crippen molar-refractivity contribution in [3.63, 3.8) is 0 Å². The van der Waals surface area contributed by atoms with Gasteiger partial charge in [-0.25, -0.2) is 13.4 Å². The quantitative estimate of drug-likeness (QED) is 0.788. The highest BCUT2D eigenvalue weighted by Gasteiger charge is 2.17. The molecule has 0 spiro atoms. The van der Waals surface area contributed by atoms with Crippen LogP contribution in [0.3, 0.4) is 0 Å². The van der Waals surface area contributed by atoms with Gasteiger partial charge in [0.15, 0.2) is 5.13 Å². The second-order valence-electron chi connectivity index (χ2n) is 5.37. The Hall–Kier alpha value is -1.92. The number of aryl methyl sites for hydroxylation is 3. The Labute approximate surface area is 133 Å². The number of benzene rings is 2. The second kappa shape index (κ2) is 5.37. The van der Waals surface area contributed by atoms with Gasteiger partial charge in [-0.1, -0.05) is 35.1 Å². The van der Waals surface area contributed by atoms with Crippen LogP contribution in [0.4, 0.5) is 5.13 Å². The monoisotopic (exact) mass is 332 g/mol. The average molecular weight is 332 g/mol. The van der Waals surface area contributed by atoms with E-state index < -0.39 is 10.0 Å². The van der Waals surface area contributed by atoms with Crippen molar-refractivity contribution < 1.29 is 8.42 Å². The van der Waals surface area contributed by atoms with Gasteiger partial charge in [-0.15, -0.1) is 0 Å². The molecule has 0 bridgehead atoms. The van der Waals surface area contributed by atoms with Crippen LogP contribution in [0.5, 0.6) is 0 Å². The van der Waals surface area contributed by atoms with Gasteiger partial charge in [0.05, 0.1) is 15.1 Å². The molecule has 0 atom stereocenters. The van der Waals surface area contributed by atoms with E-state index in [2.05, 4.69) is 15.8 Å². The minimum absolute atomic E-state index is 0.241. The van der Waals surface area contributed by atoms with Crippen molar-refractivity contribution in [2.24, 2.45) is 0 Å². The number of rotatable bonds is 3. The highest BCUT2D eigenvalue weighted by atomic mass is 32.2. The SMILES string of the molecule is Cc1ccc(S(=O)(=O)Nc2nc3cc(C)cc(C)c3s2)cc1. The number of aromatic nitrogens is 1. The molecule has 6 heteroatoms. The van der Waals surface area contributed by atoms with Crippen LogP contribution < -0.4 is 4.72 Å². The summed E-state index contributed by atoms with van der Waals surface area (Å²) in [7, 11) is -3.60. The van der Waals surface area contributed by atoms with Crippen LogP contribution in [0, 0.1) is 20.8 Å². The molecular formula is C16H16N2O2S2. The summed E-state index contributed by atoms with van der Waals surface area (Å²) in [5.74, 6) is 0. The Balaban J connectivity index is 1.98. The Morgan fingerprint density at radius 3 is 2.36 bits per heavy atom. The number of anilines is 1. The van der Waals surface area contributed by atoms with E-state index in [0.717, 1.165) is 26.9 Å². The fraction of sp³-hybridized carbons (Fsp3) is 0.188. The zero-order chi connectivity index (χ0) is 15.9. The topological polar surface area (TPSA) is 59.1 Å². The number of sulfonamides is 1. The van der Waals surface area contributed by atoms with Crippen molar-refractivity contribution in [1.29, 1.82) is 0 Å². The first-order valence-electron chi connectivity index (χ1n) is 6.82. The first kappa shape index (κ1) is 15.0. The molecule has 3 rings (SSSR count). The number of fused-ring (bicyclic) bond motifs is 1. The van der Waals surface area contributed by atoms with Gasteiger partial charge in [0, 0.05) is 0 Å². The molecule has 0 unspecified atom stereocenters. The molecule has 3 aromatic rings. The van der Waals surface area contributed by atoms with Gasteiger partial charge in [-0.05, 0) is 50.1 Å². The summed E-state index contributed by atoms with van der Waals surface area (Å²) in [6, 6.07) is 10.8. The lowest BCUT2D eigenvalue weighted by atomic mass is 10.1. The number of nitrogens with zero attached hydrogens (tertiary/aromatic N) is 1. The van der Waals surface area contributed by atoms with Crippen molar-refractivity contribution in [2.75, 3.05) is 4.72 Å². The summed E-state index contributed by atoms with van der Waals surface area (Å²) in [4.78, 5) is 4.63. The molecule has 0 radical (unpaired) electrons. The van der Waals surface area contributed by atoms with Crippen LogP contribution in [0.2, 0.25) is 0 Å². The smallest absolute Gasteiger partial charge is 0.255 e. The lowest BCUT2D eigenvalue weighted by Crippen LogP contribution is -2.12. The minimum Gasteiger partial charge on any atom is -0.255 e. The third kappa shape index (κ3) is 2.84. The number of nitrogens with one attached hydrogen (secondary N) is 1. The molecule has 2 aromatic carbocycles. The van der Waals surface area contributed by atoms with Crippen molar-refractivity contribution >= 4 is 36.7 Å². The van der Waals surface area contributed by atoms with E-state index in [1.165, 1.54) is 11.3 Å². The van der Waals surface area contributed by atoms with Gasteiger partial charge in [-0.3, -0.25) is 4.72 Å². The van der Waals surface area contributed by atoms with Gasteiger partial charge >= 0.3 is 0 Å². The molecule has 0 saturated carbocycles. The van der Waals surface area contributed by atoms with Crippen LogP contribution in [0.1, 0.15) is 16.7 Å². The van der Waals surface area contributed by atoms with E-state index >= 15 is 0 Å². The van der Waals surface area contributed by atoms with Crippen LogP contribution in [0.25, 0.3) is 10.2 Å². The predicted molar refractivity (Wildman–Crippen MR) is 91.1 cm³/mol. The molecule has 0 fully saturated rings. The minimum atomic E-state index is -3.60. The summed E-state index contributed by atoms with van der Waals surface area (Å²) in [5.41, 5.74) is 4.06. The van der Waals surface area contributed by atoms with Gasteiger partial charge in [0.25, 0.3) is 10.0 Å². The molecule has 22 heavy (non-hydrogen) atoms. The molecule has 114 valence electrons. The molecule has 1 aromatic heterocycles. The Bertz CT molecular complexity index is 942. The molecule has 0 aliphatic heterocycles. The van der Waals surface area contributed by atoms with Crippen LogP contribution >= 0.6 is 11.3 Å². The summed E-state index contributed by atoms with van der Waals surface area (Å²) >= 11 is 1.36. The van der Waals surface area contributed by atoms with Gasteiger partial charge in [0.2, 0.25) is 0 Å². The standard InChI is InChI=1S/C16H16N2O2S2/c1-10-4-6-13(7-5-10)22(19,20)18-16-17-14-9-11(2)8-12(3)15(14)21-16/h4-9H,1-3H3,(H,17,18). The number of thiazole rings is 1. The molecule has 1 N–H and O–H groups in total. The van der Waals surface area contributed by atoms with E-state index in [1.54, 1.807) is 24.3 Å². The van der Waals surface area contributed by atoms with Gasteiger partial charge in [0.1, 0.15) is 0 Å². The summed E-state index contributed by atoms with van der Waals surface area (Å²) in [6.45, 7) is 5.93. The average Bonchev–Trinajstić information content (AvgIpc) is 2.81. The van der Waals surface area contributed by atoms with Crippen LogP contribution in [-0.4, -0.2) is 13.4 Å². The zero-order valence-electron chi connectivity index (χ0n) is 12.5. The lowest BCUT2D eigenvalue weighted by Gasteiger charge is -2.04. The van der Waals surface area contributed by atoms with E-state index in [1.807, 2.05) is 26.8 Å². The largest absolute Gasteiger partial charge is 0.263 e. The van der Waals surface area contributed by atoms with E-state index in [9.17, 15) is 8.42 Å². The molecule has 0 saturated heterocycles. The predicted octanol–water partition coefficient (Wildman–Crippen LogP) is 4.02. The molecule has 1 heterocycles. The van der Waals surface area contributed by atoms with Gasteiger partial charge < -0.3 is 0 Å². The zero-order valence-corrected chi connectivity index (χ0v) is 14.2. The first-order chi connectivity index (χ1) is 10.3. The van der Waals surface area contributed by atoms with Crippen molar-refractivity contribution in [3.8, 4) is 0 Å². The highest BCUT2D eigenvalue weighted by Crippen LogP contribution is 2.31. The Kier molecular flexibility index (Phi) is 3.66. The fourth-order valence-electron chi connectivity index (χ4n) is 2.31. The maximum absolute atomic E-state index is 12.4. The fourth-order valence-corrected chi connectivity index (χ4v) is 4.46. The van der Waals surface area contributed by atoms with Crippen molar-refractivity contribution in [3.05, 3.63) is 53.1 Å². The summed E-state index contributed by atoms with van der Waals surface area (Å²) in [6.07, 6.45) is 0.